The molecular formula is C18H21N5OS. The van der Waals surface area contributed by atoms with Gasteiger partial charge in [-0.25, -0.2) is 4.68 Å². The molecule has 1 N–H and O–H groups in total. The Hall–Kier alpha value is -2.54. The zero-order valence-electron chi connectivity index (χ0n) is 14.4. The molecule has 2 heterocycles. The first-order chi connectivity index (χ1) is 12.2. The van der Waals surface area contributed by atoms with Crippen molar-refractivity contribution in [3.05, 3.63) is 52.8 Å². The Bertz CT molecular complexity index is 840. The molecule has 6 nitrogen and oxygen atoms in total. The van der Waals surface area contributed by atoms with Crippen molar-refractivity contribution in [2.24, 2.45) is 0 Å². The quantitative estimate of drug-likeness (QED) is 0.650. The predicted octanol–water partition coefficient (Wildman–Crippen LogP) is 4.02. The number of aromatic nitrogens is 4. The third-order valence-corrected chi connectivity index (χ3v) is 4.70. The molecule has 1 aromatic carbocycles. The minimum Gasteiger partial charge on any atom is -0.295 e. The molecule has 3 aromatic rings. The van der Waals surface area contributed by atoms with Gasteiger partial charge in [0.2, 0.25) is 5.13 Å². The van der Waals surface area contributed by atoms with Crippen LogP contribution in [0.5, 0.6) is 0 Å². The molecule has 130 valence electrons. The highest BCUT2D eigenvalue weighted by Gasteiger charge is 2.15. The van der Waals surface area contributed by atoms with Crippen LogP contribution in [0, 0.1) is 6.92 Å². The lowest BCUT2D eigenvalue weighted by Gasteiger charge is -2.02. The summed E-state index contributed by atoms with van der Waals surface area (Å²) in [7, 11) is 0. The van der Waals surface area contributed by atoms with Crippen molar-refractivity contribution in [2.45, 2.75) is 39.5 Å². The number of anilines is 1. The molecule has 1 amide bonds. The Morgan fingerprint density at radius 3 is 2.76 bits per heavy atom. The molecule has 0 unspecified atom stereocenters. The van der Waals surface area contributed by atoms with Crippen molar-refractivity contribution in [1.29, 1.82) is 0 Å². The summed E-state index contributed by atoms with van der Waals surface area (Å²) in [5.74, 6) is -0.269. The SMILES string of the molecule is CCCCCc1nnc(NC(=O)c2cc(C)n(-c3ccccc3)n2)s1. The summed E-state index contributed by atoms with van der Waals surface area (Å²) in [4.78, 5) is 12.4. The number of para-hydroxylation sites is 1. The molecule has 0 aliphatic carbocycles. The number of carbonyl (C=O) groups is 1. The summed E-state index contributed by atoms with van der Waals surface area (Å²) in [6.45, 7) is 4.09. The number of nitrogens with zero attached hydrogens (tertiary/aromatic N) is 4. The number of hydrogen-bond acceptors (Lipinski definition) is 5. The van der Waals surface area contributed by atoms with E-state index in [4.69, 9.17) is 0 Å². The molecule has 25 heavy (non-hydrogen) atoms. The van der Waals surface area contributed by atoms with Crippen molar-refractivity contribution in [2.75, 3.05) is 5.32 Å². The lowest BCUT2D eigenvalue weighted by molar-refractivity contribution is 0.102. The second-order valence-electron chi connectivity index (χ2n) is 5.83. The van der Waals surface area contributed by atoms with E-state index in [-0.39, 0.29) is 5.91 Å². The third kappa shape index (κ3) is 4.30. The van der Waals surface area contributed by atoms with Gasteiger partial charge in [0.1, 0.15) is 5.01 Å². The average molecular weight is 355 g/mol. The fraction of sp³-hybridized carbons (Fsp3) is 0.333. The van der Waals surface area contributed by atoms with Gasteiger partial charge >= 0.3 is 0 Å². The number of rotatable bonds is 7. The zero-order valence-corrected chi connectivity index (χ0v) is 15.2. The summed E-state index contributed by atoms with van der Waals surface area (Å²) in [5.41, 5.74) is 2.19. The molecule has 0 spiro atoms. The predicted molar refractivity (Wildman–Crippen MR) is 99.4 cm³/mol. The molecular weight excluding hydrogens is 334 g/mol. The number of unbranched alkanes of at least 4 members (excludes halogenated alkanes) is 2. The number of nitrogens with one attached hydrogen (secondary N) is 1. The van der Waals surface area contributed by atoms with Crippen LogP contribution in [0.2, 0.25) is 0 Å². The Balaban J connectivity index is 1.68. The Morgan fingerprint density at radius 1 is 1.20 bits per heavy atom. The van der Waals surface area contributed by atoms with Gasteiger partial charge in [0.05, 0.1) is 5.69 Å². The van der Waals surface area contributed by atoms with Crippen LogP contribution in [-0.2, 0) is 6.42 Å². The first kappa shape index (κ1) is 17.3. The Labute approximate surface area is 150 Å². The topological polar surface area (TPSA) is 72.7 Å². The smallest absolute Gasteiger partial charge is 0.278 e. The highest BCUT2D eigenvalue weighted by Crippen LogP contribution is 2.19. The van der Waals surface area contributed by atoms with Crippen molar-refractivity contribution in [3.63, 3.8) is 0 Å². The average Bonchev–Trinajstić information content (AvgIpc) is 3.22. The van der Waals surface area contributed by atoms with E-state index in [1.165, 1.54) is 24.2 Å². The van der Waals surface area contributed by atoms with Crippen LogP contribution in [0.4, 0.5) is 5.13 Å². The van der Waals surface area contributed by atoms with Gasteiger partial charge < -0.3 is 0 Å². The van der Waals surface area contributed by atoms with E-state index in [1.54, 1.807) is 10.7 Å². The first-order valence-corrected chi connectivity index (χ1v) is 9.25. The van der Waals surface area contributed by atoms with Gasteiger partial charge in [-0.3, -0.25) is 10.1 Å². The van der Waals surface area contributed by atoms with Crippen LogP contribution < -0.4 is 5.32 Å². The summed E-state index contributed by atoms with van der Waals surface area (Å²) < 4.78 is 1.76. The van der Waals surface area contributed by atoms with Crippen molar-refractivity contribution >= 4 is 22.4 Å². The molecule has 0 saturated carbocycles. The number of aryl methyl sites for hydroxylation is 2. The number of benzene rings is 1. The second kappa shape index (κ2) is 8.02. The highest BCUT2D eigenvalue weighted by molar-refractivity contribution is 7.15. The maximum absolute atomic E-state index is 12.4. The van der Waals surface area contributed by atoms with Gasteiger partial charge in [-0.05, 0) is 31.5 Å². The van der Waals surface area contributed by atoms with Crippen molar-refractivity contribution in [1.82, 2.24) is 20.0 Å². The van der Waals surface area contributed by atoms with E-state index >= 15 is 0 Å². The van der Waals surface area contributed by atoms with E-state index in [9.17, 15) is 4.79 Å². The fourth-order valence-electron chi connectivity index (χ4n) is 2.51. The molecule has 0 fully saturated rings. The molecule has 7 heteroatoms. The van der Waals surface area contributed by atoms with E-state index in [2.05, 4.69) is 27.5 Å². The van der Waals surface area contributed by atoms with E-state index in [1.807, 2.05) is 37.3 Å². The van der Waals surface area contributed by atoms with Crippen LogP contribution in [0.1, 0.15) is 47.4 Å². The zero-order chi connectivity index (χ0) is 17.6. The van der Waals surface area contributed by atoms with Gasteiger partial charge in [-0.15, -0.1) is 10.2 Å². The molecule has 0 radical (unpaired) electrons. The molecule has 0 saturated heterocycles. The van der Waals surface area contributed by atoms with Crippen LogP contribution in [0.3, 0.4) is 0 Å². The number of amides is 1. The van der Waals surface area contributed by atoms with E-state index in [0.717, 1.165) is 29.2 Å². The summed E-state index contributed by atoms with van der Waals surface area (Å²) >= 11 is 1.42. The van der Waals surface area contributed by atoms with Crippen molar-refractivity contribution < 1.29 is 4.79 Å². The lowest BCUT2D eigenvalue weighted by atomic mass is 10.2. The lowest BCUT2D eigenvalue weighted by Crippen LogP contribution is -2.13. The maximum Gasteiger partial charge on any atom is 0.278 e. The van der Waals surface area contributed by atoms with Crippen molar-refractivity contribution in [3.8, 4) is 5.69 Å². The summed E-state index contributed by atoms with van der Waals surface area (Å²) in [6, 6.07) is 11.5. The monoisotopic (exact) mass is 355 g/mol. The van der Waals surface area contributed by atoms with Crippen LogP contribution in [0.15, 0.2) is 36.4 Å². The van der Waals surface area contributed by atoms with E-state index < -0.39 is 0 Å². The molecule has 2 aromatic heterocycles. The van der Waals surface area contributed by atoms with Crippen LogP contribution in [0.25, 0.3) is 5.69 Å². The Kier molecular flexibility index (Phi) is 5.55. The van der Waals surface area contributed by atoms with Gasteiger partial charge in [-0.1, -0.05) is 49.3 Å². The standard InChI is InChI=1S/C18H21N5OS/c1-3-4-6-11-16-20-21-18(25-16)19-17(24)15-12-13(2)23(22-15)14-9-7-5-8-10-14/h5,7-10,12H,3-4,6,11H2,1-2H3,(H,19,21,24). The van der Waals surface area contributed by atoms with Crippen LogP contribution in [-0.4, -0.2) is 25.9 Å². The second-order valence-corrected chi connectivity index (χ2v) is 6.89. The number of carbonyl (C=O) groups excluding carboxylic acids is 1. The van der Waals surface area contributed by atoms with Gasteiger partial charge in [0.15, 0.2) is 5.69 Å². The fourth-order valence-corrected chi connectivity index (χ4v) is 3.29. The molecule has 0 aliphatic rings. The normalized spacial score (nSPS) is 10.8. The molecule has 0 atom stereocenters. The largest absolute Gasteiger partial charge is 0.295 e. The summed E-state index contributed by atoms with van der Waals surface area (Å²) in [6.07, 6.45) is 4.35. The minimum absolute atomic E-state index is 0.269. The maximum atomic E-state index is 12.4. The highest BCUT2D eigenvalue weighted by atomic mass is 32.1. The molecule has 0 bridgehead atoms. The molecule has 0 aliphatic heterocycles. The minimum atomic E-state index is -0.269. The van der Waals surface area contributed by atoms with Gasteiger partial charge in [0, 0.05) is 12.1 Å². The van der Waals surface area contributed by atoms with E-state index in [0.29, 0.717) is 10.8 Å². The Morgan fingerprint density at radius 2 is 2.00 bits per heavy atom. The first-order valence-electron chi connectivity index (χ1n) is 8.43. The molecule has 3 rings (SSSR count). The van der Waals surface area contributed by atoms with Crippen LogP contribution >= 0.6 is 11.3 Å². The summed E-state index contributed by atoms with van der Waals surface area (Å²) in [5, 5.41) is 16.8. The number of hydrogen-bond donors (Lipinski definition) is 1. The van der Waals surface area contributed by atoms with Gasteiger partial charge in [0.25, 0.3) is 5.91 Å². The third-order valence-electron chi connectivity index (χ3n) is 3.80. The van der Waals surface area contributed by atoms with Gasteiger partial charge in [-0.2, -0.15) is 5.10 Å².